The standard InChI is InChI=1S/C16H21N5O/c1-2-4-15-18-19-16(21(15)7-3-1)13-5-6-14(17-12-13)20-8-10-22-11-9-20/h5-6,12H,1-4,7-11H2. The first kappa shape index (κ1) is 13.7. The molecule has 2 aromatic rings. The number of fused-ring (bicyclic) bond motifs is 1. The summed E-state index contributed by atoms with van der Waals surface area (Å²) in [5.41, 5.74) is 1.05. The molecule has 0 saturated carbocycles. The van der Waals surface area contributed by atoms with Crippen molar-refractivity contribution in [2.45, 2.75) is 32.2 Å². The second-order valence-electron chi connectivity index (χ2n) is 5.91. The van der Waals surface area contributed by atoms with Gasteiger partial charge in [0.2, 0.25) is 0 Å². The van der Waals surface area contributed by atoms with E-state index in [2.05, 4.69) is 36.8 Å². The molecule has 0 spiro atoms. The third-order valence-corrected chi connectivity index (χ3v) is 4.45. The first-order chi connectivity index (χ1) is 10.9. The normalized spacial score (nSPS) is 18.8. The largest absolute Gasteiger partial charge is 0.378 e. The lowest BCUT2D eigenvalue weighted by atomic mass is 10.2. The molecule has 0 unspecified atom stereocenters. The lowest BCUT2D eigenvalue weighted by molar-refractivity contribution is 0.122. The summed E-state index contributed by atoms with van der Waals surface area (Å²) in [6, 6.07) is 4.19. The number of pyridine rings is 1. The SMILES string of the molecule is c1cc(N2CCOCC2)ncc1-c1nnc2n1CCCCC2. The fourth-order valence-corrected chi connectivity index (χ4v) is 3.20. The van der Waals surface area contributed by atoms with Crippen molar-refractivity contribution in [3.63, 3.8) is 0 Å². The van der Waals surface area contributed by atoms with Crippen molar-refractivity contribution in [2.24, 2.45) is 0 Å². The minimum absolute atomic E-state index is 0.779. The molecule has 6 heteroatoms. The zero-order chi connectivity index (χ0) is 14.8. The molecule has 4 heterocycles. The molecule has 4 rings (SSSR count). The van der Waals surface area contributed by atoms with Crippen LogP contribution in [0.4, 0.5) is 5.82 Å². The second-order valence-corrected chi connectivity index (χ2v) is 5.91. The second kappa shape index (κ2) is 6.04. The number of aryl methyl sites for hydroxylation is 1. The van der Waals surface area contributed by atoms with Gasteiger partial charge < -0.3 is 14.2 Å². The van der Waals surface area contributed by atoms with Crippen molar-refractivity contribution in [1.82, 2.24) is 19.7 Å². The third kappa shape index (κ3) is 2.59. The van der Waals surface area contributed by atoms with Gasteiger partial charge in [0.25, 0.3) is 0 Å². The summed E-state index contributed by atoms with van der Waals surface area (Å²) in [5, 5.41) is 8.75. The summed E-state index contributed by atoms with van der Waals surface area (Å²) in [7, 11) is 0. The minimum atomic E-state index is 0.779. The number of aromatic nitrogens is 4. The topological polar surface area (TPSA) is 56.1 Å². The Morgan fingerprint density at radius 3 is 2.68 bits per heavy atom. The van der Waals surface area contributed by atoms with E-state index in [1.807, 2.05) is 6.20 Å². The molecule has 0 bridgehead atoms. The maximum Gasteiger partial charge on any atom is 0.165 e. The van der Waals surface area contributed by atoms with Gasteiger partial charge in [-0.3, -0.25) is 0 Å². The lowest BCUT2D eigenvalue weighted by Gasteiger charge is -2.27. The van der Waals surface area contributed by atoms with E-state index in [1.165, 1.54) is 19.3 Å². The van der Waals surface area contributed by atoms with Crippen molar-refractivity contribution in [2.75, 3.05) is 31.2 Å². The molecule has 6 nitrogen and oxygen atoms in total. The van der Waals surface area contributed by atoms with E-state index in [9.17, 15) is 0 Å². The highest BCUT2D eigenvalue weighted by molar-refractivity contribution is 5.57. The van der Waals surface area contributed by atoms with Crippen molar-refractivity contribution in [3.05, 3.63) is 24.2 Å². The van der Waals surface area contributed by atoms with Crippen LogP contribution in [-0.4, -0.2) is 46.1 Å². The molecule has 2 aromatic heterocycles. The Morgan fingerprint density at radius 2 is 1.86 bits per heavy atom. The van der Waals surface area contributed by atoms with E-state index in [4.69, 9.17) is 4.74 Å². The summed E-state index contributed by atoms with van der Waals surface area (Å²) in [5.74, 6) is 3.09. The van der Waals surface area contributed by atoms with Crippen LogP contribution in [0.15, 0.2) is 18.3 Å². The first-order valence-corrected chi connectivity index (χ1v) is 8.13. The van der Waals surface area contributed by atoms with Gasteiger partial charge in [0.1, 0.15) is 11.6 Å². The Morgan fingerprint density at radius 1 is 0.955 bits per heavy atom. The number of hydrogen-bond donors (Lipinski definition) is 0. The number of hydrogen-bond acceptors (Lipinski definition) is 5. The Labute approximate surface area is 130 Å². The van der Waals surface area contributed by atoms with E-state index in [0.29, 0.717) is 0 Å². The molecule has 0 atom stereocenters. The van der Waals surface area contributed by atoms with Crippen molar-refractivity contribution < 1.29 is 4.74 Å². The van der Waals surface area contributed by atoms with Crippen LogP contribution in [0.5, 0.6) is 0 Å². The predicted octanol–water partition coefficient (Wildman–Crippen LogP) is 1.90. The average molecular weight is 299 g/mol. The molecule has 1 saturated heterocycles. The molecule has 116 valence electrons. The van der Waals surface area contributed by atoms with Crippen molar-refractivity contribution >= 4 is 5.82 Å². The van der Waals surface area contributed by atoms with Gasteiger partial charge in [0.15, 0.2) is 5.82 Å². The summed E-state index contributed by atoms with van der Waals surface area (Å²) >= 11 is 0. The van der Waals surface area contributed by atoms with Crippen LogP contribution in [0.25, 0.3) is 11.4 Å². The van der Waals surface area contributed by atoms with Gasteiger partial charge in [-0.15, -0.1) is 10.2 Å². The molecule has 0 aliphatic carbocycles. The van der Waals surface area contributed by atoms with Gasteiger partial charge in [-0.2, -0.15) is 0 Å². The summed E-state index contributed by atoms with van der Waals surface area (Å²) in [6.45, 7) is 4.39. The molecule has 0 amide bonds. The van der Waals surface area contributed by atoms with Gasteiger partial charge in [-0.1, -0.05) is 6.42 Å². The molecule has 0 aromatic carbocycles. The number of ether oxygens (including phenoxy) is 1. The van der Waals surface area contributed by atoms with E-state index < -0.39 is 0 Å². The monoisotopic (exact) mass is 299 g/mol. The van der Waals surface area contributed by atoms with Crippen LogP contribution >= 0.6 is 0 Å². The average Bonchev–Trinajstić information content (AvgIpc) is 2.84. The molecule has 0 N–H and O–H groups in total. The highest BCUT2D eigenvalue weighted by Gasteiger charge is 2.17. The molecule has 1 fully saturated rings. The first-order valence-electron chi connectivity index (χ1n) is 8.13. The Bertz CT molecular complexity index is 630. The fourth-order valence-electron chi connectivity index (χ4n) is 3.20. The molecule has 2 aliphatic heterocycles. The number of anilines is 1. The predicted molar refractivity (Wildman–Crippen MR) is 83.8 cm³/mol. The lowest BCUT2D eigenvalue weighted by Crippen LogP contribution is -2.36. The van der Waals surface area contributed by atoms with Crippen molar-refractivity contribution in [3.8, 4) is 11.4 Å². The van der Waals surface area contributed by atoms with E-state index in [0.717, 1.165) is 62.3 Å². The number of morpholine rings is 1. The summed E-state index contributed by atoms with van der Waals surface area (Å²) in [6.07, 6.45) is 6.65. The van der Waals surface area contributed by atoms with Gasteiger partial charge in [0, 0.05) is 37.8 Å². The van der Waals surface area contributed by atoms with Crippen LogP contribution in [-0.2, 0) is 17.7 Å². The Kier molecular flexibility index (Phi) is 3.76. The maximum absolute atomic E-state index is 5.39. The van der Waals surface area contributed by atoms with Crippen LogP contribution in [0.2, 0.25) is 0 Å². The summed E-state index contributed by atoms with van der Waals surface area (Å²) < 4.78 is 7.65. The Balaban J connectivity index is 1.59. The minimum Gasteiger partial charge on any atom is -0.378 e. The number of rotatable bonds is 2. The van der Waals surface area contributed by atoms with Crippen LogP contribution in [0, 0.1) is 0 Å². The highest BCUT2D eigenvalue weighted by atomic mass is 16.5. The van der Waals surface area contributed by atoms with Crippen LogP contribution < -0.4 is 4.90 Å². The van der Waals surface area contributed by atoms with Gasteiger partial charge in [0.05, 0.1) is 13.2 Å². The molecule has 22 heavy (non-hydrogen) atoms. The smallest absolute Gasteiger partial charge is 0.165 e. The third-order valence-electron chi connectivity index (χ3n) is 4.45. The van der Waals surface area contributed by atoms with Crippen LogP contribution in [0.3, 0.4) is 0 Å². The zero-order valence-corrected chi connectivity index (χ0v) is 12.7. The van der Waals surface area contributed by atoms with Gasteiger partial charge in [-0.25, -0.2) is 4.98 Å². The molecule has 0 radical (unpaired) electrons. The zero-order valence-electron chi connectivity index (χ0n) is 12.7. The molecule has 2 aliphatic rings. The van der Waals surface area contributed by atoms with E-state index >= 15 is 0 Å². The highest BCUT2D eigenvalue weighted by Crippen LogP contribution is 2.23. The van der Waals surface area contributed by atoms with Gasteiger partial charge >= 0.3 is 0 Å². The van der Waals surface area contributed by atoms with E-state index in [-0.39, 0.29) is 0 Å². The summed E-state index contributed by atoms with van der Waals surface area (Å²) in [4.78, 5) is 6.88. The quantitative estimate of drug-likeness (QED) is 0.848. The molecular weight excluding hydrogens is 278 g/mol. The van der Waals surface area contributed by atoms with Crippen molar-refractivity contribution in [1.29, 1.82) is 0 Å². The number of nitrogens with zero attached hydrogens (tertiary/aromatic N) is 5. The molecular formula is C16H21N5O. The van der Waals surface area contributed by atoms with E-state index in [1.54, 1.807) is 0 Å². The fraction of sp³-hybridized carbons (Fsp3) is 0.562. The maximum atomic E-state index is 5.39. The Hall–Kier alpha value is -1.95. The van der Waals surface area contributed by atoms with Gasteiger partial charge in [-0.05, 0) is 25.0 Å². The van der Waals surface area contributed by atoms with Crippen LogP contribution in [0.1, 0.15) is 25.1 Å².